The van der Waals surface area contributed by atoms with Crippen LogP contribution in [0.1, 0.15) is 48.5 Å². The first kappa shape index (κ1) is 12.2. The average molecular weight is 207 g/mol. The van der Waals surface area contributed by atoms with E-state index in [4.69, 9.17) is 0 Å². The highest BCUT2D eigenvalue weighted by Crippen LogP contribution is 2.40. The summed E-state index contributed by atoms with van der Waals surface area (Å²) in [6, 6.07) is 0. The van der Waals surface area contributed by atoms with Gasteiger partial charge in [0.15, 0.2) is 0 Å². The van der Waals surface area contributed by atoms with Crippen LogP contribution in [0.4, 0.5) is 0 Å². The van der Waals surface area contributed by atoms with E-state index in [0.29, 0.717) is 5.71 Å². The minimum absolute atomic E-state index is 0.0595. The Balaban J connectivity index is 3.37. The largest absolute Gasteiger partial charge is 0.288 e. The molecular formula is C13H21NO. The van der Waals surface area contributed by atoms with Gasteiger partial charge in [0, 0.05) is 11.0 Å². The van der Waals surface area contributed by atoms with Crippen LogP contribution in [-0.4, -0.2) is 11.5 Å². The molecule has 0 saturated heterocycles. The normalized spacial score (nSPS) is 18.6. The van der Waals surface area contributed by atoms with Crippen LogP contribution in [-0.2, 0) is 4.79 Å². The predicted octanol–water partition coefficient (Wildman–Crippen LogP) is 3.38. The van der Waals surface area contributed by atoms with Crippen molar-refractivity contribution >= 4 is 11.5 Å². The van der Waals surface area contributed by atoms with Gasteiger partial charge in [-0.15, -0.1) is 0 Å². The number of Topliss-reactive ketones (excluding diaryl/α,β-unsaturated/α-hetero) is 1. The zero-order valence-corrected chi connectivity index (χ0v) is 10.9. The summed E-state index contributed by atoms with van der Waals surface area (Å²) in [5, 5.41) is 0. The Hall–Kier alpha value is -0.920. The van der Waals surface area contributed by atoms with E-state index in [2.05, 4.69) is 46.5 Å². The van der Waals surface area contributed by atoms with Gasteiger partial charge < -0.3 is 0 Å². The molecule has 1 rings (SSSR count). The first-order valence-electron chi connectivity index (χ1n) is 5.40. The van der Waals surface area contributed by atoms with Gasteiger partial charge in [-0.05, 0) is 12.3 Å². The molecule has 0 spiro atoms. The monoisotopic (exact) mass is 207 g/mol. The molecular weight excluding hydrogens is 186 g/mol. The van der Waals surface area contributed by atoms with E-state index >= 15 is 0 Å². The maximum Gasteiger partial charge on any atom is 0.205 e. The highest BCUT2D eigenvalue weighted by Gasteiger charge is 2.37. The van der Waals surface area contributed by atoms with Gasteiger partial charge >= 0.3 is 0 Å². The Kier molecular flexibility index (Phi) is 2.67. The van der Waals surface area contributed by atoms with E-state index in [-0.39, 0.29) is 16.6 Å². The standard InChI is InChI=1S/C13H21NO/c1-8-10(15)9(12(2,3)4)11(14-8)13(5,6)7/h1-7H3. The summed E-state index contributed by atoms with van der Waals surface area (Å²) < 4.78 is 0. The van der Waals surface area contributed by atoms with Crippen LogP contribution in [0.3, 0.4) is 0 Å². The maximum atomic E-state index is 12.0. The molecule has 2 heteroatoms. The van der Waals surface area contributed by atoms with Gasteiger partial charge in [0.25, 0.3) is 0 Å². The summed E-state index contributed by atoms with van der Waals surface area (Å²) in [7, 11) is 0. The summed E-state index contributed by atoms with van der Waals surface area (Å²) in [6.45, 7) is 14.3. The Morgan fingerprint density at radius 3 is 1.67 bits per heavy atom. The number of hydrogen-bond acceptors (Lipinski definition) is 2. The van der Waals surface area contributed by atoms with Crippen LogP contribution in [0.25, 0.3) is 0 Å². The van der Waals surface area contributed by atoms with Gasteiger partial charge in [0.1, 0.15) is 0 Å². The van der Waals surface area contributed by atoms with Gasteiger partial charge in [-0.25, -0.2) is 0 Å². The lowest BCUT2D eigenvalue weighted by atomic mass is 9.78. The van der Waals surface area contributed by atoms with Crippen molar-refractivity contribution in [3.05, 3.63) is 11.3 Å². The van der Waals surface area contributed by atoms with E-state index in [1.54, 1.807) is 6.92 Å². The molecule has 0 amide bonds. The summed E-state index contributed by atoms with van der Waals surface area (Å²) in [5.74, 6) is 0.118. The van der Waals surface area contributed by atoms with Gasteiger partial charge in [0.2, 0.25) is 5.78 Å². The number of aliphatic imine (C=N–C) groups is 1. The summed E-state index contributed by atoms with van der Waals surface area (Å²) in [4.78, 5) is 16.5. The summed E-state index contributed by atoms with van der Waals surface area (Å²) in [5.41, 5.74) is 2.28. The number of carbonyl (C=O) groups is 1. The molecule has 0 aromatic heterocycles. The van der Waals surface area contributed by atoms with E-state index in [1.165, 1.54) is 0 Å². The third-order valence-electron chi connectivity index (χ3n) is 2.53. The van der Waals surface area contributed by atoms with Gasteiger partial charge in [-0.1, -0.05) is 41.5 Å². The number of allylic oxidation sites excluding steroid dienone is 2. The Morgan fingerprint density at radius 1 is 0.933 bits per heavy atom. The molecule has 2 nitrogen and oxygen atoms in total. The quantitative estimate of drug-likeness (QED) is 0.598. The molecule has 0 aromatic carbocycles. The SMILES string of the molecule is CC1=NC(C(C)(C)C)=C(C(C)(C)C)C1=O. The minimum Gasteiger partial charge on any atom is -0.288 e. The second kappa shape index (κ2) is 3.29. The number of carbonyl (C=O) groups excluding carboxylic acids is 1. The lowest BCUT2D eigenvalue weighted by Crippen LogP contribution is -2.22. The zero-order chi connectivity index (χ0) is 12.0. The van der Waals surface area contributed by atoms with Crippen LogP contribution < -0.4 is 0 Å². The van der Waals surface area contributed by atoms with Gasteiger partial charge in [-0.2, -0.15) is 0 Å². The third kappa shape index (κ3) is 2.19. The Bertz CT molecular complexity index is 359. The number of hydrogen-bond donors (Lipinski definition) is 0. The molecule has 0 radical (unpaired) electrons. The zero-order valence-electron chi connectivity index (χ0n) is 10.9. The van der Waals surface area contributed by atoms with Crippen LogP contribution in [0.15, 0.2) is 16.3 Å². The fourth-order valence-electron chi connectivity index (χ4n) is 1.80. The highest BCUT2D eigenvalue weighted by molar-refractivity contribution is 6.47. The molecule has 1 aliphatic rings. The molecule has 0 bridgehead atoms. The molecule has 1 heterocycles. The fraction of sp³-hybridized carbons (Fsp3) is 0.692. The predicted molar refractivity (Wildman–Crippen MR) is 64.1 cm³/mol. The molecule has 0 atom stereocenters. The molecule has 0 unspecified atom stereocenters. The maximum absolute atomic E-state index is 12.0. The fourth-order valence-corrected chi connectivity index (χ4v) is 1.80. The lowest BCUT2D eigenvalue weighted by Gasteiger charge is -2.26. The summed E-state index contributed by atoms with van der Waals surface area (Å²) in [6.07, 6.45) is 0. The topological polar surface area (TPSA) is 29.4 Å². The van der Waals surface area contributed by atoms with Crippen LogP contribution in [0.2, 0.25) is 0 Å². The molecule has 0 aliphatic carbocycles. The molecule has 0 aromatic rings. The molecule has 0 N–H and O–H groups in total. The van der Waals surface area contributed by atoms with Gasteiger partial charge in [0.05, 0.1) is 11.4 Å². The first-order valence-corrected chi connectivity index (χ1v) is 5.40. The second-order valence-corrected chi connectivity index (χ2v) is 6.25. The molecule has 1 aliphatic heterocycles. The molecule has 84 valence electrons. The molecule has 0 saturated carbocycles. The van der Waals surface area contributed by atoms with Crippen molar-refractivity contribution in [2.45, 2.75) is 48.5 Å². The Labute approximate surface area is 92.5 Å². The van der Waals surface area contributed by atoms with E-state index in [0.717, 1.165) is 11.3 Å². The van der Waals surface area contributed by atoms with Crippen molar-refractivity contribution in [2.24, 2.45) is 15.8 Å². The van der Waals surface area contributed by atoms with Crippen molar-refractivity contribution in [3.63, 3.8) is 0 Å². The third-order valence-corrected chi connectivity index (χ3v) is 2.53. The summed E-state index contributed by atoms with van der Waals surface area (Å²) >= 11 is 0. The lowest BCUT2D eigenvalue weighted by molar-refractivity contribution is -0.110. The smallest absolute Gasteiger partial charge is 0.205 e. The first-order chi connectivity index (χ1) is 6.55. The van der Waals surface area contributed by atoms with E-state index in [9.17, 15) is 4.79 Å². The highest BCUT2D eigenvalue weighted by atomic mass is 16.1. The van der Waals surface area contributed by atoms with Crippen molar-refractivity contribution in [3.8, 4) is 0 Å². The molecule has 0 fully saturated rings. The van der Waals surface area contributed by atoms with Crippen LogP contribution in [0, 0.1) is 10.8 Å². The van der Waals surface area contributed by atoms with E-state index in [1.807, 2.05) is 0 Å². The van der Waals surface area contributed by atoms with Crippen LogP contribution in [0.5, 0.6) is 0 Å². The van der Waals surface area contributed by atoms with Crippen molar-refractivity contribution < 1.29 is 4.79 Å². The average Bonchev–Trinajstić information content (AvgIpc) is 2.25. The second-order valence-electron chi connectivity index (χ2n) is 6.25. The van der Waals surface area contributed by atoms with E-state index < -0.39 is 0 Å². The Morgan fingerprint density at radius 2 is 1.40 bits per heavy atom. The van der Waals surface area contributed by atoms with Crippen LogP contribution >= 0.6 is 0 Å². The number of nitrogens with zero attached hydrogens (tertiary/aromatic N) is 1. The number of ketones is 1. The van der Waals surface area contributed by atoms with Crippen molar-refractivity contribution in [1.29, 1.82) is 0 Å². The number of rotatable bonds is 0. The van der Waals surface area contributed by atoms with Gasteiger partial charge in [-0.3, -0.25) is 9.79 Å². The van der Waals surface area contributed by atoms with Crippen molar-refractivity contribution in [2.75, 3.05) is 0 Å². The minimum atomic E-state index is -0.124. The molecule has 15 heavy (non-hydrogen) atoms. The van der Waals surface area contributed by atoms with Crippen molar-refractivity contribution in [1.82, 2.24) is 0 Å².